The maximum Gasteiger partial charge on any atom is 0.407 e. The van der Waals surface area contributed by atoms with E-state index in [2.05, 4.69) is 9.88 Å². The monoisotopic (exact) mass is 258 g/mol. The van der Waals surface area contributed by atoms with Crippen molar-refractivity contribution in [1.82, 2.24) is 9.88 Å². The Bertz CT molecular complexity index is 523. The maximum atomic E-state index is 10.9. The molecular formula is C13H14N4O2. The van der Waals surface area contributed by atoms with Gasteiger partial charge in [-0.3, -0.25) is 0 Å². The van der Waals surface area contributed by atoms with Gasteiger partial charge in [0.1, 0.15) is 11.9 Å². The van der Waals surface area contributed by atoms with E-state index in [1.807, 2.05) is 12.1 Å². The number of fused-ring (bicyclic) bond motifs is 1. The number of hydrogen-bond donors (Lipinski definition) is 1. The quantitative estimate of drug-likeness (QED) is 0.812. The molecule has 0 radical (unpaired) electrons. The highest BCUT2D eigenvalue weighted by atomic mass is 16.4. The number of anilines is 1. The molecule has 0 bridgehead atoms. The van der Waals surface area contributed by atoms with Gasteiger partial charge in [0.2, 0.25) is 0 Å². The van der Waals surface area contributed by atoms with Gasteiger partial charge in [0.05, 0.1) is 5.56 Å². The lowest BCUT2D eigenvalue weighted by atomic mass is 10.0. The fraction of sp³-hybridized carbons (Fsp3) is 0.462. The molecule has 98 valence electrons. The van der Waals surface area contributed by atoms with Crippen LogP contribution >= 0.6 is 0 Å². The van der Waals surface area contributed by atoms with Gasteiger partial charge in [-0.1, -0.05) is 0 Å². The van der Waals surface area contributed by atoms with Crippen molar-refractivity contribution in [2.75, 3.05) is 31.1 Å². The molecule has 1 aromatic heterocycles. The van der Waals surface area contributed by atoms with Crippen LogP contribution in [-0.4, -0.2) is 47.3 Å². The van der Waals surface area contributed by atoms with Crippen LogP contribution in [0.2, 0.25) is 0 Å². The van der Waals surface area contributed by atoms with Gasteiger partial charge in [0, 0.05) is 44.2 Å². The number of likely N-dealkylation sites (tertiary alicyclic amines) is 1. The Morgan fingerprint density at radius 3 is 2.47 bits per heavy atom. The van der Waals surface area contributed by atoms with Crippen molar-refractivity contribution < 1.29 is 9.90 Å². The molecule has 3 heterocycles. The summed E-state index contributed by atoms with van der Waals surface area (Å²) in [6.45, 7) is 2.92. The van der Waals surface area contributed by atoms with Crippen molar-refractivity contribution in [1.29, 1.82) is 5.26 Å². The summed E-state index contributed by atoms with van der Waals surface area (Å²) in [6, 6.07) is 5.67. The number of aromatic nitrogens is 1. The molecule has 1 amide bonds. The molecule has 3 rings (SSSR count). The molecule has 2 aliphatic rings. The number of carboxylic acid groups (broad SMARTS) is 1. The zero-order valence-corrected chi connectivity index (χ0v) is 10.4. The highest BCUT2D eigenvalue weighted by molar-refractivity contribution is 5.65. The van der Waals surface area contributed by atoms with Crippen LogP contribution in [0.15, 0.2) is 18.3 Å². The number of rotatable bonds is 1. The zero-order valence-electron chi connectivity index (χ0n) is 10.4. The van der Waals surface area contributed by atoms with E-state index in [1.165, 1.54) is 4.90 Å². The summed E-state index contributed by atoms with van der Waals surface area (Å²) in [4.78, 5) is 18.9. The predicted molar refractivity (Wildman–Crippen MR) is 67.7 cm³/mol. The minimum absolute atomic E-state index is 0.397. The summed E-state index contributed by atoms with van der Waals surface area (Å²) in [5.74, 6) is 1.66. The summed E-state index contributed by atoms with van der Waals surface area (Å²) in [6.07, 6.45) is 0.755. The number of hydrogen-bond acceptors (Lipinski definition) is 4. The first kappa shape index (κ1) is 11.8. The molecule has 6 nitrogen and oxygen atoms in total. The number of pyridine rings is 1. The minimum atomic E-state index is -0.822. The first-order valence-electron chi connectivity index (χ1n) is 6.26. The fourth-order valence-electron chi connectivity index (χ4n) is 2.98. The molecule has 1 N–H and O–H groups in total. The van der Waals surface area contributed by atoms with Crippen LogP contribution in [0.4, 0.5) is 10.6 Å². The molecule has 2 unspecified atom stereocenters. The van der Waals surface area contributed by atoms with E-state index >= 15 is 0 Å². The Kier molecular flexibility index (Phi) is 2.75. The van der Waals surface area contributed by atoms with Crippen LogP contribution in [0, 0.1) is 23.2 Å². The van der Waals surface area contributed by atoms with E-state index in [4.69, 9.17) is 10.4 Å². The molecule has 0 aliphatic carbocycles. The molecule has 6 heteroatoms. The normalized spacial score (nSPS) is 25.2. The third kappa shape index (κ3) is 2.08. The van der Waals surface area contributed by atoms with Crippen molar-refractivity contribution in [2.45, 2.75) is 0 Å². The molecule has 2 saturated heterocycles. The summed E-state index contributed by atoms with van der Waals surface area (Å²) < 4.78 is 0. The maximum absolute atomic E-state index is 10.9. The van der Waals surface area contributed by atoms with Crippen molar-refractivity contribution in [2.24, 2.45) is 11.8 Å². The van der Waals surface area contributed by atoms with E-state index in [-0.39, 0.29) is 0 Å². The first-order chi connectivity index (χ1) is 9.17. The molecule has 0 spiro atoms. The van der Waals surface area contributed by atoms with Gasteiger partial charge in [-0.15, -0.1) is 0 Å². The topological polar surface area (TPSA) is 80.5 Å². The summed E-state index contributed by atoms with van der Waals surface area (Å²) >= 11 is 0. The Balaban J connectivity index is 1.68. The SMILES string of the molecule is N#Cc1ccc(N2CC3CN(C(=O)O)CC3C2)nc1. The lowest BCUT2D eigenvalue weighted by Crippen LogP contribution is -2.32. The van der Waals surface area contributed by atoms with E-state index in [0.717, 1.165) is 18.9 Å². The second kappa shape index (κ2) is 4.43. The summed E-state index contributed by atoms with van der Waals surface area (Å²) in [5, 5.41) is 17.7. The molecule has 2 atom stereocenters. The van der Waals surface area contributed by atoms with E-state index in [9.17, 15) is 4.79 Å². The third-order valence-corrected chi connectivity index (χ3v) is 3.96. The molecule has 0 aromatic carbocycles. The van der Waals surface area contributed by atoms with Crippen LogP contribution in [0.3, 0.4) is 0 Å². The summed E-state index contributed by atoms with van der Waals surface area (Å²) in [5.41, 5.74) is 0.556. The average Bonchev–Trinajstić information content (AvgIpc) is 2.97. The van der Waals surface area contributed by atoms with Gasteiger partial charge in [-0.2, -0.15) is 5.26 Å². The van der Waals surface area contributed by atoms with E-state index in [0.29, 0.717) is 30.5 Å². The number of nitriles is 1. The lowest BCUT2D eigenvalue weighted by molar-refractivity contribution is 0.153. The molecule has 2 fully saturated rings. The minimum Gasteiger partial charge on any atom is -0.465 e. The van der Waals surface area contributed by atoms with Crippen LogP contribution in [-0.2, 0) is 0 Å². The molecule has 0 saturated carbocycles. The zero-order chi connectivity index (χ0) is 13.4. The largest absolute Gasteiger partial charge is 0.465 e. The number of amides is 1. The fourth-order valence-corrected chi connectivity index (χ4v) is 2.98. The molecule has 1 aromatic rings. The van der Waals surface area contributed by atoms with Gasteiger partial charge in [0.25, 0.3) is 0 Å². The van der Waals surface area contributed by atoms with E-state index in [1.54, 1.807) is 12.3 Å². The van der Waals surface area contributed by atoms with Gasteiger partial charge in [0.15, 0.2) is 0 Å². The summed E-state index contributed by atoms with van der Waals surface area (Å²) in [7, 11) is 0. The number of carbonyl (C=O) groups is 1. The molecular weight excluding hydrogens is 244 g/mol. The second-order valence-corrected chi connectivity index (χ2v) is 5.13. The highest BCUT2D eigenvalue weighted by Crippen LogP contribution is 2.33. The van der Waals surface area contributed by atoms with Crippen LogP contribution in [0.25, 0.3) is 0 Å². The van der Waals surface area contributed by atoms with Crippen molar-refractivity contribution in [3.63, 3.8) is 0 Å². The van der Waals surface area contributed by atoms with Gasteiger partial charge < -0.3 is 14.9 Å². The van der Waals surface area contributed by atoms with Gasteiger partial charge >= 0.3 is 6.09 Å². The Labute approximate surface area is 110 Å². The Hall–Kier alpha value is -2.29. The molecule has 19 heavy (non-hydrogen) atoms. The lowest BCUT2D eigenvalue weighted by Gasteiger charge is -2.20. The third-order valence-electron chi connectivity index (χ3n) is 3.96. The van der Waals surface area contributed by atoms with Crippen molar-refractivity contribution in [3.8, 4) is 6.07 Å². The van der Waals surface area contributed by atoms with Crippen LogP contribution < -0.4 is 4.90 Å². The first-order valence-corrected chi connectivity index (χ1v) is 6.26. The standard InChI is InChI=1S/C13H14N4O2/c14-3-9-1-2-12(15-4-9)16-5-10-7-17(13(18)19)8-11(10)6-16/h1-2,4,10-11H,5-8H2,(H,18,19). The van der Waals surface area contributed by atoms with Gasteiger partial charge in [-0.05, 0) is 12.1 Å². The van der Waals surface area contributed by atoms with Gasteiger partial charge in [-0.25, -0.2) is 9.78 Å². The second-order valence-electron chi connectivity index (χ2n) is 5.13. The molecule has 2 aliphatic heterocycles. The Morgan fingerprint density at radius 2 is 2.00 bits per heavy atom. The number of nitrogens with zero attached hydrogens (tertiary/aromatic N) is 4. The van der Waals surface area contributed by atoms with Crippen molar-refractivity contribution >= 4 is 11.9 Å². The van der Waals surface area contributed by atoms with Crippen LogP contribution in [0.5, 0.6) is 0 Å². The highest BCUT2D eigenvalue weighted by Gasteiger charge is 2.41. The van der Waals surface area contributed by atoms with Crippen molar-refractivity contribution in [3.05, 3.63) is 23.9 Å². The smallest absolute Gasteiger partial charge is 0.407 e. The van der Waals surface area contributed by atoms with Crippen LogP contribution in [0.1, 0.15) is 5.56 Å². The van der Waals surface area contributed by atoms with E-state index < -0.39 is 6.09 Å². The Morgan fingerprint density at radius 1 is 1.32 bits per heavy atom. The predicted octanol–water partition coefficient (Wildman–Crippen LogP) is 0.999. The average molecular weight is 258 g/mol.